The van der Waals surface area contributed by atoms with Gasteiger partial charge in [0.25, 0.3) is 0 Å². The van der Waals surface area contributed by atoms with Gasteiger partial charge in [-0.25, -0.2) is 9.67 Å². The number of oxazole rings is 1. The van der Waals surface area contributed by atoms with Crippen molar-refractivity contribution in [3.8, 4) is 10.8 Å². The molecule has 2 N–H and O–H groups in total. The highest BCUT2D eigenvalue weighted by Crippen LogP contribution is 2.26. The fourth-order valence-corrected chi connectivity index (χ4v) is 2.39. The minimum absolute atomic E-state index is 0.387. The predicted molar refractivity (Wildman–Crippen MR) is 71.6 cm³/mol. The quantitative estimate of drug-likeness (QED) is 0.785. The zero-order valence-corrected chi connectivity index (χ0v) is 11.2. The minimum atomic E-state index is 0.387. The summed E-state index contributed by atoms with van der Waals surface area (Å²) in [5.41, 5.74) is 7.13. The van der Waals surface area contributed by atoms with Crippen LogP contribution in [0, 0.1) is 6.92 Å². The lowest BCUT2D eigenvalue weighted by atomic mass is 10.3. The van der Waals surface area contributed by atoms with Gasteiger partial charge in [-0.2, -0.15) is 0 Å². The molecule has 0 bridgehead atoms. The number of thiophene rings is 1. The van der Waals surface area contributed by atoms with Crippen LogP contribution < -0.4 is 5.73 Å². The number of nitrogens with zero attached hydrogens (tertiary/aromatic N) is 4. The molecule has 0 aliphatic rings. The van der Waals surface area contributed by atoms with Gasteiger partial charge in [0.15, 0.2) is 0 Å². The molecule has 3 aromatic heterocycles. The van der Waals surface area contributed by atoms with E-state index in [2.05, 4.69) is 15.3 Å². The first-order chi connectivity index (χ1) is 9.26. The van der Waals surface area contributed by atoms with Gasteiger partial charge in [-0.15, -0.1) is 16.4 Å². The molecule has 6 nitrogen and oxygen atoms in total. The Kier molecular flexibility index (Phi) is 3.14. The highest BCUT2D eigenvalue weighted by Gasteiger charge is 2.13. The molecule has 0 saturated heterocycles. The van der Waals surface area contributed by atoms with Gasteiger partial charge in [-0.05, 0) is 18.4 Å². The number of aryl methyl sites for hydroxylation is 1. The van der Waals surface area contributed by atoms with Crippen LogP contribution in [0.15, 0.2) is 28.1 Å². The standard InChI is InChI=1S/C12H13N5OS/c1-8-10(7-17-6-9(5-13)15-16-17)14-12(18-8)11-3-2-4-19-11/h2-4,6H,5,7,13H2,1H3. The molecule has 0 amide bonds. The zero-order chi connectivity index (χ0) is 13.2. The largest absolute Gasteiger partial charge is 0.440 e. The SMILES string of the molecule is Cc1oc(-c2cccs2)nc1Cn1cc(CN)nn1. The first kappa shape index (κ1) is 12.1. The summed E-state index contributed by atoms with van der Waals surface area (Å²) in [4.78, 5) is 5.53. The summed E-state index contributed by atoms with van der Waals surface area (Å²) in [6.45, 7) is 2.83. The molecule has 3 rings (SSSR count). The number of hydrogen-bond donors (Lipinski definition) is 1. The van der Waals surface area contributed by atoms with Crippen molar-refractivity contribution in [1.82, 2.24) is 20.0 Å². The van der Waals surface area contributed by atoms with Crippen molar-refractivity contribution in [2.45, 2.75) is 20.0 Å². The van der Waals surface area contributed by atoms with Crippen LogP contribution in [0.5, 0.6) is 0 Å². The maximum absolute atomic E-state index is 5.68. The Hall–Kier alpha value is -1.99. The molecule has 3 heterocycles. The van der Waals surface area contributed by atoms with E-state index in [0.29, 0.717) is 19.0 Å². The first-order valence-corrected chi connectivity index (χ1v) is 6.73. The van der Waals surface area contributed by atoms with Crippen LogP contribution in [0.3, 0.4) is 0 Å². The van der Waals surface area contributed by atoms with Gasteiger partial charge in [0.2, 0.25) is 5.89 Å². The van der Waals surface area contributed by atoms with Crippen LogP contribution in [-0.4, -0.2) is 20.0 Å². The minimum Gasteiger partial charge on any atom is -0.440 e. The van der Waals surface area contributed by atoms with E-state index in [-0.39, 0.29) is 0 Å². The topological polar surface area (TPSA) is 82.8 Å². The highest BCUT2D eigenvalue weighted by molar-refractivity contribution is 7.13. The van der Waals surface area contributed by atoms with E-state index in [1.54, 1.807) is 16.0 Å². The molecule has 0 aliphatic heterocycles. The molecular formula is C12H13N5OS. The van der Waals surface area contributed by atoms with E-state index in [1.807, 2.05) is 30.6 Å². The Morgan fingerprint density at radius 2 is 2.37 bits per heavy atom. The highest BCUT2D eigenvalue weighted by atomic mass is 32.1. The lowest BCUT2D eigenvalue weighted by Crippen LogP contribution is -2.02. The van der Waals surface area contributed by atoms with Gasteiger partial charge in [0.1, 0.15) is 11.5 Å². The first-order valence-electron chi connectivity index (χ1n) is 5.85. The third kappa shape index (κ3) is 2.42. The van der Waals surface area contributed by atoms with Gasteiger partial charge < -0.3 is 10.2 Å². The summed E-state index contributed by atoms with van der Waals surface area (Å²) in [5, 5.41) is 9.95. The fourth-order valence-electron chi connectivity index (χ4n) is 1.74. The molecule has 19 heavy (non-hydrogen) atoms. The third-order valence-corrected chi connectivity index (χ3v) is 3.59. The van der Waals surface area contributed by atoms with Gasteiger partial charge in [0, 0.05) is 6.54 Å². The number of hydrogen-bond acceptors (Lipinski definition) is 6. The normalized spacial score (nSPS) is 11.1. The van der Waals surface area contributed by atoms with E-state index in [1.165, 1.54) is 0 Å². The van der Waals surface area contributed by atoms with E-state index in [9.17, 15) is 0 Å². The van der Waals surface area contributed by atoms with Crippen molar-refractivity contribution in [1.29, 1.82) is 0 Å². The molecule has 0 aliphatic carbocycles. The monoisotopic (exact) mass is 275 g/mol. The molecule has 0 fully saturated rings. The van der Waals surface area contributed by atoms with Crippen molar-refractivity contribution in [3.05, 3.63) is 40.9 Å². The van der Waals surface area contributed by atoms with Crippen molar-refractivity contribution in [3.63, 3.8) is 0 Å². The summed E-state index contributed by atoms with van der Waals surface area (Å²) >= 11 is 1.60. The number of aromatic nitrogens is 4. The average Bonchev–Trinajstić information content (AvgIpc) is 3.12. The van der Waals surface area contributed by atoms with Crippen LogP contribution >= 0.6 is 11.3 Å². The average molecular weight is 275 g/mol. The second kappa shape index (κ2) is 4.94. The summed E-state index contributed by atoms with van der Waals surface area (Å²) in [6.07, 6.45) is 1.82. The van der Waals surface area contributed by atoms with E-state index in [0.717, 1.165) is 22.0 Å². The summed E-state index contributed by atoms with van der Waals surface area (Å²) < 4.78 is 7.39. The molecular weight excluding hydrogens is 262 g/mol. The zero-order valence-electron chi connectivity index (χ0n) is 10.4. The van der Waals surface area contributed by atoms with Crippen molar-refractivity contribution < 1.29 is 4.42 Å². The number of nitrogens with two attached hydrogens (primary N) is 1. The molecule has 98 valence electrons. The van der Waals surface area contributed by atoms with Crippen molar-refractivity contribution >= 4 is 11.3 Å². The van der Waals surface area contributed by atoms with Crippen LogP contribution in [0.2, 0.25) is 0 Å². The second-order valence-corrected chi connectivity index (χ2v) is 5.06. The van der Waals surface area contributed by atoms with Crippen molar-refractivity contribution in [2.75, 3.05) is 0 Å². The van der Waals surface area contributed by atoms with E-state index >= 15 is 0 Å². The molecule has 3 aromatic rings. The van der Waals surface area contributed by atoms with Crippen molar-refractivity contribution in [2.24, 2.45) is 5.73 Å². The lowest BCUT2D eigenvalue weighted by molar-refractivity contribution is 0.536. The molecule has 0 unspecified atom stereocenters. The van der Waals surface area contributed by atoms with Crippen LogP contribution in [0.4, 0.5) is 0 Å². The lowest BCUT2D eigenvalue weighted by Gasteiger charge is -1.95. The molecule has 0 spiro atoms. The summed E-state index contributed by atoms with van der Waals surface area (Å²) in [7, 11) is 0. The van der Waals surface area contributed by atoms with Gasteiger partial charge in [0.05, 0.1) is 23.3 Å². The molecule has 0 radical (unpaired) electrons. The van der Waals surface area contributed by atoms with Gasteiger partial charge >= 0.3 is 0 Å². The smallest absolute Gasteiger partial charge is 0.236 e. The summed E-state index contributed by atoms with van der Waals surface area (Å²) in [5.74, 6) is 1.45. The summed E-state index contributed by atoms with van der Waals surface area (Å²) in [6, 6.07) is 3.96. The molecule has 0 aromatic carbocycles. The Balaban J connectivity index is 1.85. The van der Waals surface area contributed by atoms with Crippen LogP contribution in [-0.2, 0) is 13.1 Å². The molecule has 0 saturated carbocycles. The van der Waals surface area contributed by atoms with Gasteiger partial charge in [-0.1, -0.05) is 11.3 Å². The van der Waals surface area contributed by atoms with Gasteiger partial charge in [-0.3, -0.25) is 0 Å². The Morgan fingerprint density at radius 3 is 3.05 bits per heavy atom. The third-order valence-electron chi connectivity index (χ3n) is 2.73. The maximum atomic E-state index is 5.68. The van der Waals surface area contributed by atoms with Crippen LogP contribution in [0.1, 0.15) is 17.1 Å². The number of rotatable bonds is 4. The Labute approximate surface area is 113 Å². The van der Waals surface area contributed by atoms with E-state index < -0.39 is 0 Å². The molecule has 7 heteroatoms. The predicted octanol–water partition coefficient (Wildman–Crippen LogP) is 1.81. The Bertz CT molecular complexity index is 670. The van der Waals surface area contributed by atoms with E-state index in [4.69, 9.17) is 10.2 Å². The maximum Gasteiger partial charge on any atom is 0.236 e. The van der Waals surface area contributed by atoms with Crippen LogP contribution in [0.25, 0.3) is 10.8 Å². The molecule has 0 atom stereocenters. The second-order valence-electron chi connectivity index (χ2n) is 4.11. The Morgan fingerprint density at radius 1 is 1.47 bits per heavy atom. The fraction of sp³-hybridized carbons (Fsp3) is 0.250.